The van der Waals surface area contributed by atoms with Crippen molar-refractivity contribution in [3.63, 3.8) is 0 Å². The molecule has 2 fully saturated rings. The van der Waals surface area contributed by atoms with E-state index in [2.05, 4.69) is 22.3 Å². The van der Waals surface area contributed by atoms with Gasteiger partial charge in [0, 0.05) is 12.6 Å². The van der Waals surface area contributed by atoms with Crippen LogP contribution in [-0.4, -0.2) is 40.5 Å². The summed E-state index contributed by atoms with van der Waals surface area (Å²) in [7, 11) is 0. The number of hydrogen-bond acceptors (Lipinski definition) is 3. The molecule has 130 valence electrons. The molecule has 3 rings (SSSR count). The number of carbonyl (C=O) groups excluding carboxylic acids is 1. The molecule has 1 saturated heterocycles. The van der Waals surface area contributed by atoms with Gasteiger partial charge in [-0.25, -0.2) is 0 Å². The first kappa shape index (κ1) is 17.0. The zero-order chi connectivity index (χ0) is 16.9. The summed E-state index contributed by atoms with van der Waals surface area (Å²) in [5, 5.41) is 12.2. The van der Waals surface area contributed by atoms with Gasteiger partial charge in [0.25, 0.3) is 0 Å². The van der Waals surface area contributed by atoms with Crippen molar-refractivity contribution in [3.8, 4) is 0 Å². The smallest absolute Gasteiger partial charge is 0.306 e. The van der Waals surface area contributed by atoms with Crippen LogP contribution in [0.1, 0.15) is 44.1 Å². The Morgan fingerprint density at radius 2 is 1.79 bits per heavy atom. The first-order valence-corrected chi connectivity index (χ1v) is 8.94. The number of nitrogens with one attached hydrogen (secondary N) is 1. The lowest BCUT2D eigenvalue weighted by Crippen LogP contribution is -2.47. The van der Waals surface area contributed by atoms with Gasteiger partial charge in [0.15, 0.2) is 0 Å². The average Bonchev–Trinajstić information content (AvgIpc) is 3.04. The van der Waals surface area contributed by atoms with Gasteiger partial charge in [-0.2, -0.15) is 0 Å². The first-order chi connectivity index (χ1) is 11.6. The van der Waals surface area contributed by atoms with Crippen LogP contribution in [0.4, 0.5) is 0 Å². The van der Waals surface area contributed by atoms with Gasteiger partial charge in [0.2, 0.25) is 5.91 Å². The lowest BCUT2D eigenvalue weighted by atomic mass is 9.86. The summed E-state index contributed by atoms with van der Waals surface area (Å²) in [5.74, 6) is -0.828. The maximum absolute atomic E-state index is 12.7. The van der Waals surface area contributed by atoms with Crippen LogP contribution in [0.3, 0.4) is 0 Å². The topological polar surface area (TPSA) is 69.6 Å². The number of amides is 1. The van der Waals surface area contributed by atoms with Crippen LogP contribution in [0.2, 0.25) is 0 Å². The fourth-order valence-electron chi connectivity index (χ4n) is 3.91. The Kier molecular flexibility index (Phi) is 5.51. The third kappa shape index (κ3) is 4.15. The van der Waals surface area contributed by atoms with E-state index in [1.165, 1.54) is 5.56 Å². The lowest BCUT2D eigenvalue weighted by Gasteiger charge is -2.30. The van der Waals surface area contributed by atoms with E-state index in [0.29, 0.717) is 12.8 Å². The molecule has 1 aromatic rings. The lowest BCUT2D eigenvalue weighted by molar-refractivity contribution is -0.142. The molecule has 2 N–H and O–H groups in total. The maximum Gasteiger partial charge on any atom is 0.306 e. The van der Waals surface area contributed by atoms with E-state index in [4.69, 9.17) is 5.11 Å². The monoisotopic (exact) mass is 330 g/mol. The van der Waals surface area contributed by atoms with E-state index < -0.39 is 5.97 Å². The molecule has 5 nitrogen and oxygen atoms in total. The minimum absolute atomic E-state index is 0.0533. The minimum atomic E-state index is -0.704. The van der Waals surface area contributed by atoms with E-state index >= 15 is 0 Å². The fraction of sp³-hybridized carbons (Fsp3) is 0.579. The van der Waals surface area contributed by atoms with Gasteiger partial charge in [0.1, 0.15) is 0 Å². The summed E-state index contributed by atoms with van der Waals surface area (Å²) in [6, 6.07) is 10.3. The Bertz CT molecular complexity index is 567. The van der Waals surface area contributed by atoms with Crippen molar-refractivity contribution in [1.82, 2.24) is 10.2 Å². The molecule has 0 bridgehead atoms. The number of carbonyl (C=O) groups is 2. The molecule has 1 saturated carbocycles. The number of carboxylic acids is 1. The molecule has 0 aromatic heterocycles. The first-order valence-electron chi connectivity index (χ1n) is 8.94. The second-order valence-corrected chi connectivity index (χ2v) is 7.01. The zero-order valence-electron chi connectivity index (χ0n) is 14.0. The molecule has 1 aromatic carbocycles. The van der Waals surface area contributed by atoms with Gasteiger partial charge in [-0.05, 0) is 50.6 Å². The number of nitrogens with zero attached hydrogens (tertiary/aromatic N) is 1. The maximum atomic E-state index is 12.7. The van der Waals surface area contributed by atoms with Gasteiger partial charge in [-0.1, -0.05) is 30.3 Å². The van der Waals surface area contributed by atoms with Crippen LogP contribution in [0, 0.1) is 5.92 Å². The van der Waals surface area contributed by atoms with Crippen LogP contribution >= 0.6 is 0 Å². The van der Waals surface area contributed by atoms with Crippen molar-refractivity contribution in [1.29, 1.82) is 0 Å². The summed E-state index contributed by atoms with van der Waals surface area (Å²) in [4.78, 5) is 25.9. The number of hydrogen-bond donors (Lipinski definition) is 2. The highest BCUT2D eigenvalue weighted by Gasteiger charge is 2.33. The molecule has 0 radical (unpaired) electrons. The van der Waals surface area contributed by atoms with Crippen molar-refractivity contribution in [2.24, 2.45) is 5.92 Å². The van der Waals surface area contributed by atoms with Crippen LogP contribution in [-0.2, 0) is 16.1 Å². The van der Waals surface area contributed by atoms with Crippen LogP contribution < -0.4 is 5.32 Å². The average molecular weight is 330 g/mol. The fourth-order valence-corrected chi connectivity index (χ4v) is 3.91. The van der Waals surface area contributed by atoms with Gasteiger partial charge in [-0.3, -0.25) is 14.5 Å². The Balaban J connectivity index is 1.52. The number of likely N-dealkylation sites (tertiary alicyclic amines) is 1. The highest BCUT2D eigenvalue weighted by atomic mass is 16.4. The van der Waals surface area contributed by atoms with Gasteiger partial charge in [-0.15, -0.1) is 0 Å². The highest BCUT2D eigenvalue weighted by molar-refractivity contribution is 5.82. The van der Waals surface area contributed by atoms with Crippen molar-refractivity contribution < 1.29 is 14.7 Å². The standard InChI is InChI=1S/C19H26N2O3/c22-18(20-16-10-8-15(9-11-16)19(23)24)17-7-4-12-21(17)13-14-5-2-1-3-6-14/h1-3,5-6,15-17H,4,7-13H2,(H,20,22)(H,23,24)/t15?,16?,17-/m1/s1. The summed E-state index contributed by atoms with van der Waals surface area (Å²) in [6.45, 7) is 1.77. The second-order valence-electron chi connectivity index (χ2n) is 7.01. The Hall–Kier alpha value is -1.88. The van der Waals surface area contributed by atoms with E-state index in [0.717, 1.165) is 38.8 Å². The number of carboxylic acid groups (broad SMARTS) is 1. The van der Waals surface area contributed by atoms with Crippen molar-refractivity contribution >= 4 is 11.9 Å². The normalized spacial score (nSPS) is 27.8. The molecule has 1 aliphatic heterocycles. The molecule has 1 amide bonds. The molecule has 0 unspecified atom stereocenters. The van der Waals surface area contributed by atoms with Gasteiger partial charge >= 0.3 is 5.97 Å². The summed E-state index contributed by atoms with van der Waals surface area (Å²) in [5.41, 5.74) is 1.24. The molecule has 0 spiro atoms. The largest absolute Gasteiger partial charge is 0.481 e. The molecule has 1 atom stereocenters. The van der Waals surface area contributed by atoms with Crippen molar-refractivity contribution in [3.05, 3.63) is 35.9 Å². The molecular weight excluding hydrogens is 304 g/mol. The Labute approximate surface area is 143 Å². The Morgan fingerprint density at radius 3 is 2.46 bits per heavy atom. The molecule has 2 aliphatic rings. The summed E-state index contributed by atoms with van der Waals surface area (Å²) >= 11 is 0. The van der Waals surface area contributed by atoms with E-state index in [1.54, 1.807) is 0 Å². The van der Waals surface area contributed by atoms with Crippen LogP contribution in [0.25, 0.3) is 0 Å². The third-order valence-corrected chi connectivity index (χ3v) is 5.32. The van der Waals surface area contributed by atoms with E-state index in [-0.39, 0.29) is 23.9 Å². The van der Waals surface area contributed by atoms with E-state index in [9.17, 15) is 9.59 Å². The van der Waals surface area contributed by atoms with Crippen LogP contribution in [0.5, 0.6) is 0 Å². The third-order valence-electron chi connectivity index (χ3n) is 5.32. The molecule has 24 heavy (non-hydrogen) atoms. The second kappa shape index (κ2) is 7.79. The quantitative estimate of drug-likeness (QED) is 0.870. The zero-order valence-corrected chi connectivity index (χ0v) is 14.0. The van der Waals surface area contributed by atoms with Crippen molar-refractivity contribution in [2.45, 2.75) is 57.2 Å². The van der Waals surface area contributed by atoms with E-state index in [1.807, 2.05) is 18.2 Å². The molecule has 5 heteroatoms. The predicted molar refractivity (Wildman–Crippen MR) is 91.4 cm³/mol. The van der Waals surface area contributed by atoms with Gasteiger partial charge < -0.3 is 10.4 Å². The van der Waals surface area contributed by atoms with Gasteiger partial charge in [0.05, 0.1) is 12.0 Å². The minimum Gasteiger partial charge on any atom is -0.481 e. The number of aliphatic carboxylic acids is 1. The summed E-state index contributed by atoms with van der Waals surface area (Å²) < 4.78 is 0. The highest BCUT2D eigenvalue weighted by Crippen LogP contribution is 2.26. The predicted octanol–water partition coefficient (Wildman–Crippen LogP) is 2.41. The molecule has 1 heterocycles. The number of rotatable bonds is 5. The summed E-state index contributed by atoms with van der Waals surface area (Å²) in [6.07, 6.45) is 4.83. The van der Waals surface area contributed by atoms with Crippen LogP contribution in [0.15, 0.2) is 30.3 Å². The molecular formula is C19H26N2O3. The Morgan fingerprint density at radius 1 is 1.08 bits per heavy atom. The molecule has 1 aliphatic carbocycles. The van der Waals surface area contributed by atoms with Crippen molar-refractivity contribution in [2.75, 3.05) is 6.54 Å². The SMILES string of the molecule is O=C(O)C1CCC(NC(=O)[C@H]2CCCN2Cc2ccccc2)CC1. The number of benzene rings is 1.